The van der Waals surface area contributed by atoms with Gasteiger partial charge in [0.15, 0.2) is 11.2 Å². The number of methoxy groups -OCH3 is 2. The Morgan fingerprint density at radius 2 is 1.75 bits per heavy atom. The Morgan fingerprint density at radius 1 is 1.04 bits per heavy atom. The van der Waals surface area contributed by atoms with Crippen molar-refractivity contribution in [2.24, 2.45) is 7.05 Å². The Morgan fingerprint density at radius 3 is 2.38 bits per heavy atom. The van der Waals surface area contributed by atoms with Crippen LogP contribution in [0.25, 0.3) is 11.2 Å². The van der Waals surface area contributed by atoms with Crippen LogP contribution in [0.5, 0.6) is 11.9 Å². The van der Waals surface area contributed by atoms with Gasteiger partial charge in [-0.2, -0.15) is 15.0 Å². The van der Waals surface area contributed by atoms with Gasteiger partial charge in [0, 0.05) is 7.05 Å². The Kier molecular flexibility index (Phi) is 3.97. The lowest BCUT2D eigenvalue weighted by molar-refractivity contribution is 0.356. The predicted octanol–water partition coefficient (Wildman–Crippen LogP) is 1.18. The van der Waals surface area contributed by atoms with E-state index in [1.54, 1.807) is 25.2 Å². The van der Waals surface area contributed by atoms with E-state index in [1.807, 2.05) is 0 Å². The summed E-state index contributed by atoms with van der Waals surface area (Å²) in [7, 11) is 0.729. The van der Waals surface area contributed by atoms with Crippen molar-refractivity contribution >= 4 is 27.1 Å². The molecule has 0 aliphatic carbocycles. The van der Waals surface area contributed by atoms with Crippen molar-refractivity contribution in [3.05, 3.63) is 30.3 Å². The molecule has 0 radical (unpaired) electrons. The molecule has 0 aliphatic heterocycles. The summed E-state index contributed by atoms with van der Waals surface area (Å²) in [5.41, 5.74) is 0.705. The number of benzene rings is 1. The van der Waals surface area contributed by atoms with E-state index in [2.05, 4.69) is 19.7 Å². The van der Waals surface area contributed by atoms with Gasteiger partial charge in [0.25, 0.3) is 10.0 Å². The van der Waals surface area contributed by atoms with E-state index in [0.29, 0.717) is 5.52 Å². The van der Waals surface area contributed by atoms with E-state index in [1.165, 1.54) is 30.9 Å². The highest BCUT2D eigenvalue weighted by molar-refractivity contribution is 7.92. The number of imidazole rings is 1. The average molecular weight is 349 g/mol. The largest absolute Gasteiger partial charge is 0.479 e. The van der Waals surface area contributed by atoms with Crippen molar-refractivity contribution in [2.75, 3.05) is 18.9 Å². The number of rotatable bonds is 5. The van der Waals surface area contributed by atoms with Gasteiger partial charge in [0.05, 0.1) is 19.1 Å². The van der Waals surface area contributed by atoms with Crippen molar-refractivity contribution in [1.82, 2.24) is 19.5 Å². The number of hydrogen-bond acceptors (Lipinski definition) is 7. The van der Waals surface area contributed by atoms with E-state index >= 15 is 0 Å². The zero-order valence-corrected chi connectivity index (χ0v) is 14.0. The fourth-order valence-electron chi connectivity index (χ4n) is 2.16. The molecule has 0 saturated heterocycles. The van der Waals surface area contributed by atoms with Gasteiger partial charge in [-0.25, -0.2) is 13.1 Å². The molecule has 0 fully saturated rings. The standard InChI is InChI=1S/C14H15N5O4S/c1-19-10-11(16-14(23-3)17-12(10)22-2)15-13(19)18-24(20,21)9-7-5-4-6-8-9/h4-8H,1-3H3,(H,15,16,17,18). The lowest BCUT2D eigenvalue weighted by Gasteiger charge is -2.08. The molecule has 0 spiro atoms. The number of aryl methyl sites for hydroxylation is 1. The molecular formula is C14H15N5O4S. The summed E-state index contributed by atoms with van der Waals surface area (Å²) in [5.74, 6) is 0.326. The summed E-state index contributed by atoms with van der Waals surface area (Å²) in [6, 6.07) is 8.09. The Balaban J connectivity index is 2.09. The van der Waals surface area contributed by atoms with Gasteiger partial charge in [-0.15, -0.1) is 0 Å². The van der Waals surface area contributed by atoms with Crippen LogP contribution in [0.2, 0.25) is 0 Å². The number of anilines is 1. The summed E-state index contributed by atoms with van der Waals surface area (Å²) < 4.78 is 39.1. The first kappa shape index (κ1) is 16.0. The van der Waals surface area contributed by atoms with Crippen LogP contribution < -0.4 is 14.2 Å². The number of sulfonamides is 1. The molecular weight excluding hydrogens is 334 g/mol. The zero-order valence-electron chi connectivity index (χ0n) is 13.2. The second kappa shape index (κ2) is 5.96. The van der Waals surface area contributed by atoms with E-state index < -0.39 is 10.0 Å². The highest BCUT2D eigenvalue weighted by atomic mass is 32.2. The number of fused-ring (bicyclic) bond motifs is 1. The normalized spacial score (nSPS) is 11.5. The Hall–Kier alpha value is -2.88. The van der Waals surface area contributed by atoms with Crippen LogP contribution in [0, 0.1) is 0 Å². The number of ether oxygens (including phenoxy) is 2. The zero-order chi connectivity index (χ0) is 17.3. The van der Waals surface area contributed by atoms with Gasteiger partial charge >= 0.3 is 6.01 Å². The van der Waals surface area contributed by atoms with Crippen LogP contribution in [-0.2, 0) is 17.1 Å². The van der Waals surface area contributed by atoms with Crippen LogP contribution >= 0.6 is 0 Å². The minimum Gasteiger partial charge on any atom is -0.479 e. The third-order valence-corrected chi connectivity index (χ3v) is 4.68. The van der Waals surface area contributed by atoms with Crippen molar-refractivity contribution in [1.29, 1.82) is 0 Å². The summed E-state index contributed by atoms with van der Waals surface area (Å²) >= 11 is 0. The maximum Gasteiger partial charge on any atom is 0.321 e. The first-order valence-corrected chi connectivity index (χ1v) is 8.35. The number of nitrogens with one attached hydrogen (secondary N) is 1. The molecule has 3 aromatic rings. The van der Waals surface area contributed by atoms with E-state index in [0.717, 1.165) is 0 Å². The second-order valence-electron chi connectivity index (χ2n) is 4.80. The molecule has 0 saturated carbocycles. The molecule has 1 N–H and O–H groups in total. The van der Waals surface area contributed by atoms with Crippen LogP contribution in [-0.4, -0.2) is 42.2 Å². The summed E-state index contributed by atoms with van der Waals surface area (Å²) in [6.45, 7) is 0. The first-order chi connectivity index (χ1) is 11.5. The molecule has 126 valence electrons. The number of hydrogen-bond donors (Lipinski definition) is 1. The lowest BCUT2D eigenvalue weighted by Crippen LogP contribution is -2.15. The molecule has 10 heteroatoms. The van der Waals surface area contributed by atoms with Crippen molar-refractivity contribution in [3.8, 4) is 11.9 Å². The second-order valence-corrected chi connectivity index (χ2v) is 6.49. The van der Waals surface area contributed by atoms with Gasteiger partial charge in [0.2, 0.25) is 11.8 Å². The third-order valence-electron chi connectivity index (χ3n) is 3.33. The molecule has 0 aliphatic rings. The van der Waals surface area contributed by atoms with Gasteiger partial charge in [-0.05, 0) is 12.1 Å². The molecule has 0 amide bonds. The molecule has 9 nitrogen and oxygen atoms in total. The SMILES string of the molecule is COc1nc(OC)c2c(n1)nc(NS(=O)(=O)c1ccccc1)n2C. The quantitative estimate of drug-likeness (QED) is 0.737. The molecule has 24 heavy (non-hydrogen) atoms. The minimum atomic E-state index is -3.77. The van der Waals surface area contributed by atoms with Gasteiger partial charge in [-0.1, -0.05) is 18.2 Å². The van der Waals surface area contributed by atoms with Crippen LogP contribution in [0.3, 0.4) is 0 Å². The Bertz CT molecular complexity index is 985. The predicted molar refractivity (Wildman–Crippen MR) is 86.7 cm³/mol. The average Bonchev–Trinajstić information content (AvgIpc) is 2.90. The number of aromatic nitrogens is 4. The monoisotopic (exact) mass is 349 g/mol. The maximum absolute atomic E-state index is 12.5. The van der Waals surface area contributed by atoms with Crippen LogP contribution in [0.15, 0.2) is 35.2 Å². The van der Waals surface area contributed by atoms with Crippen LogP contribution in [0.1, 0.15) is 0 Å². The summed E-state index contributed by atoms with van der Waals surface area (Å²) in [4.78, 5) is 12.5. The molecule has 0 unspecified atom stereocenters. The van der Waals surface area contributed by atoms with Crippen molar-refractivity contribution < 1.29 is 17.9 Å². The smallest absolute Gasteiger partial charge is 0.321 e. The molecule has 2 aromatic heterocycles. The highest BCUT2D eigenvalue weighted by Crippen LogP contribution is 2.27. The fourth-order valence-corrected chi connectivity index (χ4v) is 3.22. The van der Waals surface area contributed by atoms with Gasteiger partial charge < -0.3 is 14.0 Å². The van der Waals surface area contributed by atoms with Gasteiger partial charge in [-0.3, -0.25) is 0 Å². The molecule has 2 heterocycles. The molecule has 3 rings (SSSR count). The maximum atomic E-state index is 12.5. The molecule has 1 aromatic carbocycles. The Labute approximate surface area is 138 Å². The summed E-state index contributed by atoms with van der Waals surface area (Å²) in [5, 5.41) is 0. The van der Waals surface area contributed by atoms with Crippen molar-refractivity contribution in [3.63, 3.8) is 0 Å². The van der Waals surface area contributed by atoms with E-state index in [9.17, 15) is 8.42 Å². The van der Waals surface area contributed by atoms with E-state index in [-0.39, 0.29) is 28.4 Å². The van der Waals surface area contributed by atoms with Gasteiger partial charge in [0.1, 0.15) is 0 Å². The molecule has 0 bridgehead atoms. The highest BCUT2D eigenvalue weighted by Gasteiger charge is 2.21. The summed E-state index contributed by atoms with van der Waals surface area (Å²) in [6.07, 6.45) is 0. The van der Waals surface area contributed by atoms with Crippen LogP contribution in [0.4, 0.5) is 5.95 Å². The number of nitrogens with zero attached hydrogens (tertiary/aromatic N) is 4. The minimum absolute atomic E-state index is 0.0786. The third kappa shape index (κ3) is 2.71. The van der Waals surface area contributed by atoms with E-state index in [4.69, 9.17) is 9.47 Å². The van der Waals surface area contributed by atoms with Crippen molar-refractivity contribution in [2.45, 2.75) is 4.90 Å². The first-order valence-electron chi connectivity index (χ1n) is 6.86. The molecule has 0 atom stereocenters. The lowest BCUT2D eigenvalue weighted by atomic mass is 10.4. The topological polar surface area (TPSA) is 108 Å². The fraction of sp³-hybridized carbons (Fsp3) is 0.214.